The Morgan fingerprint density at radius 3 is 2.18 bits per heavy atom. The Morgan fingerprint density at radius 1 is 1.06 bits per heavy atom. The molecule has 0 unspecified atom stereocenters. The van der Waals surface area contributed by atoms with E-state index in [2.05, 4.69) is 45.0 Å². The van der Waals surface area contributed by atoms with Gasteiger partial charge in [-0.1, -0.05) is 55.8 Å². The van der Waals surface area contributed by atoms with Crippen LogP contribution >= 0.6 is 21.6 Å². The third-order valence-electron chi connectivity index (χ3n) is 2.66. The predicted octanol–water partition coefficient (Wildman–Crippen LogP) is 5.12. The van der Waals surface area contributed by atoms with Crippen molar-refractivity contribution in [1.82, 2.24) is 0 Å². The minimum Gasteiger partial charge on any atom is -0.514 e. The molecule has 3 heteroatoms. The molecule has 0 aliphatic carbocycles. The average Bonchev–Trinajstić information content (AvgIpc) is 2.76. The second-order valence-corrected chi connectivity index (χ2v) is 7.28. The molecule has 1 aromatic carbocycles. The van der Waals surface area contributed by atoms with Crippen molar-refractivity contribution in [2.75, 3.05) is 0 Å². The summed E-state index contributed by atoms with van der Waals surface area (Å²) in [7, 11) is 3.28. The lowest BCUT2D eigenvalue weighted by molar-refractivity contribution is 0.472. The van der Waals surface area contributed by atoms with E-state index in [4.69, 9.17) is 5.11 Å². The highest BCUT2D eigenvalue weighted by atomic mass is 33.1. The van der Waals surface area contributed by atoms with Gasteiger partial charge in [-0.2, -0.15) is 0 Å². The van der Waals surface area contributed by atoms with Crippen molar-refractivity contribution < 1.29 is 5.11 Å². The van der Waals surface area contributed by atoms with E-state index in [0.29, 0.717) is 0 Å². The van der Waals surface area contributed by atoms with E-state index in [1.165, 1.54) is 16.0 Å². The number of hydrogen-bond donors (Lipinski definition) is 1. The average molecular weight is 264 g/mol. The first-order valence-corrected chi connectivity index (χ1v) is 7.67. The monoisotopic (exact) mass is 264 g/mol. The molecular weight excluding hydrogens is 248 g/mol. The van der Waals surface area contributed by atoms with Crippen LogP contribution in [0.2, 0.25) is 0 Å². The first-order chi connectivity index (χ1) is 8.00. The molecule has 1 aliphatic heterocycles. The lowest BCUT2D eigenvalue weighted by atomic mass is 9.87. The Kier molecular flexibility index (Phi) is 3.59. The van der Waals surface area contributed by atoms with Gasteiger partial charge in [0.2, 0.25) is 0 Å². The first kappa shape index (κ1) is 12.7. The summed E-state index contributed by atoms with van der Waals surface area (Å²) < 4.78 is 0. The lowest BCUT2D eigenvalue weighted by Gasteiger charge is -2.19. The topological polar surface area (TPSA) is 20.2 Å². The van der Waals surface area contributed by atoms with Gasteiger partial charge in [-0.25, -0.2) is 0 Å². The van der Waals surface area contributed by atoms with E-state index in [1.54, 1.807) is 21.6 Å². The lowest BCUT2D eigenvalue weighted by Crippen LogP contribution is -2.10. The third kappa shape index (κ3) is 2.90. The van der Waals surface area contributed by atoms with Gasteiger partial charge in [0.25, 0.3) is 0 Å². The summed E-state index contributed by atoms with van der Waals surface area (Å²) in [5.41, 5.74) is 2.75. The Morgan fingerprint density at radius 2 is 1.71 bits per heavy atom. The van der Waals surface area contributed by atoms with Gasteiger partial charge in [-0.3, -0.25) is 0 Å². The van der Waals surface area contributed by atoms with E-state index < -0.39 is 0 Å². The molecule has 1 N–H and O–H groups in total. The van der Waals surface area contributed by atoms with Crippen LogP contribution in [0.15, 0.2) is 41.5 Å². The number of benzene rings is 1. The minimum atomic E-state index is 0.195. The normalized spacial score (nSPS) is 18.5. The maximum atomic E-state index is 8.94. The van der Waals surface area contributed by atoms with Gasteiger partial charge in [-0.15, -0.1) is 0 Å². The molecule has 0 radical (unpaired) electrons. The van der Waals surface area contributed by atoms with Gasteiger partial charge in [0.05, 0.1) is 11.2 Å². The van der Waals surface area contributed by atoms with Crippen LogP contribution in [-0.2, 0) is 5.41 Å². The predicted molar refractivity (Wildman–Crippen MR) is 79.0 cm³/mol. The summed E-state index contributed by atoms with van der Waals surface area (Å²) in [6.45, 7) is 6.65. The minimum absolute atomic E-state index is 0.195. The van der Waals surface area contributed by atoms with Gasteiger partial charge in [-0.05, 0) is 33.4 Å². The molecule has 0 spiro atoms. The zero-order valence-corrected chi connectivity index (χ0v) is 11.9. The van der Waals surface area contributed by atoms with Crippen molar-refractivity contribution in [3.63, 3.8) is 0 Å². The third-order valence-corrected chi connectivity index (χ3v) is 5.06. The summed E-state index contributed by atoms with van der Waals surface area (Å²) >= 11 is 0. The molecule has 0 amide bonds. The van der Waals surface area contributed by atoms with Crippen LogP contribution in [0.5, 0.6) is 0 Å². The SMILES string of the molecule is CC(C)(C)c1ccc(C2=C/C(=C\O)SS2)cc1. The molecular formula is C14H16OS2. The van der Waals surface area contributed by atoms with Gasteiger partial charge >= 0.3 is 0 Å². The van der Waals surface area contributed by atoms with E-state index >= 15 is 0 Å². The summed E-state index contributed by atoms with van der Waals surface area (Å²) in [5, 5.41) is 8.94. The van der Waals surface area contributed by atoms with Gasteiger partial charge in [0, 0.05) is 4.91 Å². The smallest absolute Gasteiger partial charge is 0.0936 e. The van der Waals surface area contributed by atoms with Crippen molar-refractivity contribution >= 4 is 26.5 Å². The summed E-state index contributed by atoms with van der Waals surface area (Å²) in [6.07, 6.45) is 3.18. The van der Waals surface area contributed by atoms with Crippen LogP contribution in [0.4, 0.5) is 0 Å². The van der Waals surface area contributed by atoms with E-state index in [9.17, 15) is 0 Å². The molecule has 1 aromatic rings. The molecule has 0 saturated heterocycles. The fraction of sp³-hybridized carbons (Fsp3) is 0.286. The Balaban J connectivity index is 2.25. The van der Waals surface area contributed by atoms with Gasteiger partial charge in [0.1, 0.15) is 0 Å². The molecule has 1 heterocycles. The van der Waals surface area contributed by atoms with E-state index in [0.717, 1.165) is 11.2 Å². The molecule has 0 saturated carbocycles. The van der Waals surface area contributed by atoms with Crippen LogP contribution in [-0.4, -0.2) is 5.11 Å². The fourth-order valence-electron chi connectivity index (χ4n) is 1.60. The Bertz CT molecular complexity index is 464. The highest BCUT2D eigenvalue weighted by molar-refractivity contribution is 8.82. The van der Waals surface area contributed by atoms with Crippen LogP contribution < -0.4 is 0 Å². The fourth-order valence-corrected chi connectivity index (χ4v) is 3.74. The molecule has 1 aliphatic rings. The van der Waals surface area contributed by atoms with Crippen LogP contribution in [0.3, 0.4) is 0 Å². The second-order valence-electron chi connectivity index (χ2n) is 5.03. The van der Waals surface area contributed by atoms with Gasteiger partial charge in [0.15, 0.2) is 0 Å². The van der Waals surface area contributed by atoms with E-state index in [1.807, 2.05) is 6.08 Å². The summed E-state index contributed by atoms with van der Waals surface area (Å²) in [6, 6.07) is 8.67. The second kappa shape index (κ2) is 4.83. The first-order valence-electron chi connectivity index (χ1n) is 5.52. The van der Waals surface area contributed by atoms with Crippen molar-refractivity contribution in [2.24, 2.45) is 0 Å². The van der Waals surface area contributed by atoms with Crippen molar-refractivity contribution in [2.45, 2.75) is 26.2 Å². The molecule has 0 atom stereocenters. The van der Waals surface area contributed by atoms with Crippen LogP contribution in [0, 0.1) is 0 Å². The number of hydrogen-bond acceptors (Lipinski definition) is 3. The highest BCUT2D eigenvalue weighted by Crippen LogP contribution is 2.49. The standard InChI is InChI=1S/C14H16OS2/c1-14(2,3)11-6-4-10(5-7-11)13-8-12(9-15)16-17-13/h4-9,15H,1-3H3/b12-9+. The zero-order valence-electron chi connectivity index (χ0n) is 10.2. The quantitative estimate of drug-likeness (QED) is 0.561. The largest absolute Gasteiger partial charge is 0.514 e. The molecule has 0 aromatic heterocycles. The molecule has 17 heavy (non-hydrogen) atoms. The number of aliphatic hydroxyl groups is 1. The maximum absolute atomic E-state index is 8.94. The molecule has 90 valence electrons. The van der Waals surface area contributed by atoms with Crippen LogP contribution in [0.25, 0.3) is 4.91 Å². The zero-order chi connectivity index (χ0) is 12.5. The van der Waals surface area contributed by atoms with Crippen LogP contribution in [0.1, 0.15) is 31.9 Å². The van der Waals surface area contributed by atoms with Crippen molar-refractivity contribution in [3.05, 3.63) is 52.6 Å². The Hall–Kier alpha value is -0.800. The molecule has 2 rings (SSSR count). The van der Waals surface area contributed by atoms with Crippen molar-refractivity contribution in [1.29, 1.82) is 0 Å². The maximum Gasteiger partial charge on any atom is 0.0936 e. The summed E-state index contributed by atoms with van der Waals surface area (Å²) in [5.74, 6) is 0. The Labute approximate surface area is 110 Å². The van der Waals surface area contributed by atoms with Gasteiger partial charge < -0.3 is 5.11 Å². The number of allylic oxidation sites excluding steroid dienone is 1. The molecule has 0 fully saturated rings. The number of aliphatic hydroxyl groups excluding tert-OH is 1. The van der Waals surface area contributed by atoms with E-state index in [-0.39, 0.29) is 5.41 Å². The molecule has 0 bridgehead atoms. The summed E-state index contributed by atoms with van der Waals surface area (Å²) in [4.78, 5) is 2.11. The molecule has 1 nitrogen and oxygen atoms in total. The highest BCUT2D eigenvalue weighted by Gasteiger charge is 2.16. The van der Waals surface area contributed by atoms with Crippen molar-refractivity contribution in [3.8, 4) is 0 Å². The number of rotatable bonds is 1.